The van der Waals surface area contributed by atoms with Gasteiger partial charge in [-0.3, -0.25) is 9.69 Å². The largest absolute Gasteiger partial charge is 0.397 e. The summed E-state index contributed by atoms with van der Waals surface area (Å²) in [5.74, 6) is -0.0280. The molecule has 3 heterocycles. The van der Waals surface area contributed by atoms with Crippen molar-refractivity contribution < 1.29 is 4.79 Å². The molecule has 0 bridgehead atoms. The molecule has 5 nitrogen and oxygen atoms in total. The lowest BCUT2D eigenvalue weighted by atomic mass is 10.2. The maximum Gasteiger partial charge on any atom is 0.274 e. The SMILES string of the molecule is Nc1cccnc1C(=O)N1CCC(N2CCCC2)C1. The topological polar surface area (TPSA) is 62.5 Å². The molecule has 2 saturated heterocycles. The Morgan fingerprint density at radius 1 is 1.32 bits per heavy atom. The molecule has 0 spiro atoms. The van der Waals surface area contributed by atoms with Crippen molar-refractivity contribution in [1.82, 2.24) is 14.8 Å². The number of nitrogens with zero attached hydrogens (tertiary/aromatic N) is 3. The van der Waals surface area contributed by atoms with E-state index in [2.05, 4.69) is 9.88 Å². The molecule has 1 amide bonds. The summed E-state index contributed by atoms with van der Waals surface area (Å²) in [5, 5.41) is 0. The Labute approximate surface area is 113 Å². The number of carbonyl (C=O) groups excluding carboxylic acids is 1. The van der Waals surface area contributed by atoms with E-state index >= 15 is 0 Å². The number of likely N-dealkylation sites (tertiary alicyclic amines) is 2. The number of anilines is 1. The summed E-state index contributed by atoms with van der Waals surface area (Å²) in [5.41, 5.74) is 6.69. The second kappa shape index (κ2) is 5.17. The minimum Gasteiger partial charge on any atom is -0.397 e. The fourth-order valence-corrected chi connectivity index (χ4v) is 3.08. The first-order valence-electron chi connectivity index (χ1n) is 6.99. The van der Waals surface area contributed by atoms with Crippen LogP contribution in [-0.2, 0) is 0 Å². The van der Waals surface area contributed by atoms with Gasteiger partial charge in [-0.2, -0.15) is 0 Å². The molecule has 1 atom stereocenters. The molecule has 5 heteroatoms. The first-order chi connectivity index (χ1) is 9.25. The van der Waals surface area contributed by atoms with Gasteiger partial charge in [-0.05, 0) is 44.5 Å². The summed E-state index contributed by atoms with van der Waals surface area (Å²) < 4.78 is 0. The van der Waals surface area contributed by atoms with Crippen molar-refractivity contribution in [2.75, 3.05) is 31.9 Å². The van der Waals surface area contributed by atoms with Gasteiger partial charge in [0.1, 0.15) is 0 Å². The number of rotatable bonds is 2. The molecule has 1 unspecified atom stereocenters. The quantitative estimate of drug-likeness (QED) is 0.861. The zero-order valence-electron chi connectivity index (χ0n) is 11.1. The highest BCUT2D eigenvalue weighted by atomic mass is 16.2. The van der Waals surface area contributed by atoms with Gasteiger partial charge in [0.2, 0.25) is 0 Å². The number of hydrogen-bond acceptors (Lipinski definition) is 4. The first kappa shape index (κ1) is 12.4. The van der Waals surface area contributed by atoms with Crippen molar-refractivity contribution in [2.45, 2.75) is 25.3 Å². The summed E-state index contributed by atoms with van der Waals surface area (Å²) in [6.07, 6.45) is 5.27. The van der Waals surface area contributed by atoms with Crippen molar-refractivity contribution >= 4 is 11.6 Å². The molecular formula is C14H20N4O. The summed E-state index contributed by atoms with van der Waals surface area (Å²) >= 11 is 0. The number of amides is 1. The lowest BCUT2D eigenvalue weighted by Gasteiger charge is -2.23. The van der Waals surface area contributed by atoms with Gasteiger partial charge in [0, 0.05) is 25.3 Å². The van der Waals surface area contributed by atoms with Crippen molar-refractivity contribution in [3.63, 3.8) is 0 Å². The van der Waals surface area contributed by atoms with Crippen LogP contribution < -0.4 is 5.73 Å². The normalized spacial score (nSPS) is 24.0. The van der Waals surface area contributed by atoms with Crippen LogP contribution in [0.5, 0.6) is 0 Å². The Balaban J connectivity index is 1.67. The highest BCUT2D eigenvalue weighted by Crippen LogP contribution is 2.22. The van der Waals surface area contributed by atoms with E-state index in [1.54, 1.807) is 18.3 Å². The van der Waals surface area contributed by atoms with Crippen molar-refractivity contribution in [2.24, 2.45) is 0 Å². The maximum absolute atomic E-state index is 12.4. The number of nitrogens with two attached hydrogens (primary N) is 1. The molecule has 0 aromatic carbocycles. The highest BCUT2D eigenvalue weighted by molar-refractivity contribution is 5.97. The van der Waals surface area contributed by atoms with Gasteiger partial charge in [0.05, 0.1) is 5.69 Å². The smallest absolute Gasteiger partial charge is 0.274 e. The molecule has 2 N–H and O–H groups in total. The van der Waals surface area contributed by atoms with Gasteiger partial charge in [-0.25, -0.2) is 4.98 Å². The molecule has 0 radical (unpaired) electrons. The predicted octanol–water partition coefficient (Wildman–Crippen LogP) is 0.974. The van der Waals surface area contributed by atoms with E-state index in [-0.39, 0.29) is 5.91 Å². The molecule has 19 heavy (non-hydrogen) atoms. The number of nitrogen functional groups attached to an aromatic ring is 1. The van der Waals surface area contributed by atoms with Crippen molar-refractivity contribution in [1.29, 1.82) is 0 Å². The van der Waals surface area contributed by atoms with Crippen LogP contribution in [0.4, 0.5) is 5.69 Å². The standard InChI is InChI=1S/C14H20N4O/c15-12-4-3-6-16-13(12)14(19)18-9-5-11(10-18)17-7-1-2-8-17/h3-4,6,11H,1-2,5,7-10,15H2. The van der Waals surface area contributed by atoms with Gasteiger partial charge in [-0.1, -0.05) is 0 Å². The molecule has 3 rings (SSSR count). The fourth-order valence-electron chi connectivity index (χ4n) is 3.08. The lowest BCUT2D eigenvalue weighted by Crippen LogP contribution is -2.37. The fraction of sp³-hybridized carbons (Fsp3) is 0.571. The third kappa shape index (κ3) is 2.42. The molecular weight excluding hydrogens is 240 g/mol. The van der Waals surface area contributed by atoms with Crippen LogP contribution in [0.1, 0.15) is 29.8 Å². The van der Waals surface area contributed by atoms with Crippen molar-refractivity contribution in [3.05, 3.63) is 24.0 Å². The Morgan fingerprint density at radius 3 is 2.84 bits per heavy atom. The monoisotopic (exact) mass is 260 g/mol. The molecule has 2 aliphatic rings. The molecule has 2 aliphatic heterocycles. The molecule has 1 aromatic heterocycles. The van der Waals surface area contributed by atoms with Gasteiger partial charge in [0.15, 0.2) is 5.69 Å². The van der Waals surface area contributed by atoms with Crippen LogP contribution >= 0.6 is 0 Å². The van der Waals surface area contributed by atoms with E-state index in [4.69, 9.17) is 5.73 Å². The van der Waals surface area contributed by atoms with Gasteiger partial charge < -0.3 is 10.6 Å². The second-order valence-electron chi connectivity index (χ2n) is 5.38. The zero-order valence-corrected chi connectivity index (χ0v) is 11.1. The van der Waals surface area contributed by atoms with Crippen molar-refractivity contribution in [3.8, 4) is 0 Å². The molecule has 102 valence electrons. The minimum atomic E-state index is -0.0280. The maximum atomic E-state index is 12.4. The van der Waals surface area contributed by atoms with Crippen LogP contribution in [0, 0.1) is 0 Å². The van der Waals surface area contributed by atoms with E-state index < -0.39 is 0 Å². The first-order valence-corrected chi connectivity index (χ1v) is 6.99. The molecule has 0 aliphatic carbocycles. The Kier molecular flexibility index (Phi) is 3.38. The van der Waals surface area contributed by atoms with Crippen LogP contribution in [0.3, 0.4) is 0 Å². The third-order valence-electron chi connectivity index (χ3n) is 4.15. The Bertz CT molecular complexity index is 470. The average molecular weight is 260 g/mol. The lowest BCUT2D eigenvalue weighted by molar-refractivity contribution is 0.0775. The number of pyridine rings is 1. The Hall–Kier alpha value is -1.62. The zero-order chi connectivity index (χ0) is 13.2. The molecule has 0 saturated carbocycles. The average Bonchev–Trinajstić information content (AvgIpc) is 3.09. The molecule has 2 fully saturated rings. The summed E-state index contributed by atoms with van der Waals surface area (Å²) in [6.45, 7) is 3.99. The van der Waals surface area contributed by atoms with Crippen LogP contribution in [0.25, 0.3) is 0 Å². The summed E-state index contributed by atoms with van der Waals surface area (Å²) in [7, 11) is 0. The number of aromatic nitrogens is 1. The molecule has 1 aromatic rings. The highest BCUT2D eigenvalue weighted by Gasteiger charge is 2.32. The van der Waals surface area contributed by atoms with Gasteiger partial charge >= 0.3 is 0 Å². The predicted molar refractivity (Wildman–Crippen MR) is 73.8 cm³/mol. The van der Waals surface area contributed by atoms with Crippen LogP contribution in [0.15, 0.2) is 18.3 Å². The van der Waals surface area contributed by atoms with E-state index in [1.165, 1.54) is 25.9 Å². The summed E-state index contributed by atoms with van der Waals surface area (Å²) in [6, 6.07) is 4.01. The number of hydrogen-bond donors (Lipinski definition) is 1. The van der Waals surface area contributed by atoms with E-state index in [1.807, 2.05) is 4.90 Å². The summed E-state index contributed by atoms with van der Waals surface area (Å²) in [4.78, 5) is 20.9. The van der Waals surface area contributed by atoms with Crippen LogP contribution in [-0.4, -0.2) is 52.9 Å². The van der Waals surface area contributed by atoms with E-state index in [0.717, 1.165) is 19.5 Å². The Morgan fingerprint density at radius 2 is 2.11 bits per heavy atom. The van der Waals surface area contributed by atoms with Gasteiger partial charge in [0.25, 0.3) is 5.91 Å². The minimum absolute atomic E-state index is 0.0280. The van der Waals surface area contributed by atoms with E-state index in [0.29, 0.717) is 17.4 Å². The second-order valence-corrected chi connectivity index (χ2v) is 5.38. The van der Waals surface area contributed by atoms with Gasteiger partial charge in [-0.15, -0.1) is 0 Å². The number of carbonyl (C=O) groups is 1. The van der Waals surface area contributed by atoms with E-state index in [9.17, 15) is 4.79 Å². The third-order valence-corrected chi connectivity index (χ3v) is 4.15. The van der Waals surface area contributed by atoms with Crippen LogP contribution in [0.2, 0.25) is 0 Å².